The van der Waals surface area contributed by atoms with Crippen LogP contribution in [0.5, 0.6) is 11.5 Å². The van der Waals surface area contributed by atoms with Crippen LogP contribution in [0.25, 0.3) is 0 Å². The van der Waals surface area contributed by atoms with Gasteiger partial charge in [-0.3, -0.25) is 0 Å². The zero-order chi connectivity index (χ0) is 18.0. The van der Waals surface area contributed by atoms with Crippen LogP contribution in [-0.2, 0) is 18.8 Å². The number of ether oxygens (including phenoxy) is 3. The maximum absolute atomic E-state index is 11.4. The zero-order valence-corrected chi connectivity index (χ0v) is 15.2. The van der Waals surface area contributed by atoms with Crippen LogP contribution in [0.1, 0.15) is 34.6 Å². The third kappa shape index (κ3) is 3.84. The molecule has 24 heavy (non-hydrogen) atoms. The Balaban J connectivity index is 2.13. The van der Waals surface area contributed by atoms with Gasteiger partial charge in [0.05, 0.1) is 24.9 Å². The molecule has 2 rings (SSSR count). The van der Waals surface area contributed by atoms with Gasteiger partial charge in [0.15, 0.2) is 18.1 Å². The Morgan fingerprint density at radius 3 is 2.29 bits per heavy atom. The third-order valence-corrected chi connectivity index (χ3v) is 4.36. The SMILES string of the molecule is CCOC(=O)COc1ccc(B2OC(C)(C)C(C)(C)O2)cc1OC. The van der Waals surface area contributed by atoms with Crippen LogP contribution < -0.4 is 14.9 Å². The first-order chi connectivity index (χ1) is 11.2. The molecular formula is C17H25BO6. The molecule has 0 spiro atoms. The first kappa shape index (κ1) is 18.6. The molecule has 132 valence electrons. The minimum absolute atomic E-state index is 0.167. The van der Waals surface area contributed by atoms with Crippen molar-refractivity contribution in [3.8, 4) is 11.5 Å². The molecule has 1 aromatic rings. The molecule has 0 atom stereocenters. The van der Waals surface area contributed by atoms with Gasteiger partial charge in [0.2, 0.25) is 0 Å². The van der Waals surface area contributed by atoms with Crippen LogP contribution in [0.3, 0.4) is 0 Å². The number of carbonyl (C=O) groups excluding carboxylic acids is 1. The largest absolute Gasteiger partial charge is 0.494 e. The summed E-state index contributed by atoms with van der Waals surface area (Å²) < 4.78 is 27.7. The van der Waals surface area contributed by atoms with Crippen LogP contribution in [0.4, 0.5) is 0 Å². The summed E-state index contributed by atoms with van der Waals surface area (Å²) in [5.41, 5.74) is 0.00233. The number of hydrogen-bond donors (Lipinski definition) is 0. The van der Waals surface area contributed by atoms with Gasteiger partial charge in [-0.1, -0.05) is 6.07 Å². The highest BCUT2D eigenvalue weighted by Crippen LogP contribution is 2.37. The maximum atomic E-state index is 11.4. The molecule has 1 fully saturated rings. The number of esters is 1. The number of methoxy groups -OCH3 is 1. The Kier molecular flexibility index (Phi) is 5.45. The first-order valence-electron chi connectivity index (χ1n) is 8.02. The molecule has 0 bridgehead atoms. The van der Waals surface area contributed by atoms with E-state index in [1.54, 1.807) is 26.2 Å². The van der Waals surface area contributed by atoms with Crippen molar-refractivity contribution in [3.63, 3.8) is 0 Å². The van der Waals surface area contributed by atoms with Gasteiger partial charge in [-0.15, -0.1) is 0 Å². The fraction of sp³-hybridized carbons (Fsp3) is 0.588. The van der Waals surface area contributed by atoms with Crippen molar-refractivity contribution < 1.29 is 28.3 Å². The highest BCUT2D eigenvalue weighted by molar-refractivity contribution is 6.62. The van der Waals surface area contributed by atoms with E-state index in [-0.39, 0.29) is 6.61 Å². The summed E-state index contributed by atoms with van der Waals surface area (Å²) in [6.45, 7) is 9.91. The van der Waals surface area contributed by atoms with Crippen molar-refractivity contribution in [1.82, 2.24) is 0 Å². The fourth-order valence-electron chi connectivity index (χ4n) is 2.27. The van der Waals surface area contributed by atoms with E-state index in [1.807, 2.05) is 33.8 Å². The summed E-state index contributed by atoms with van der Waals surface area (Å²) in [5.74, 6) is 0.548. The first-order valence-corrected chi connectivity index (χ1v) is 8.02. The molecule has 7 heteroatoms. The van der Waals surface area contributed by atoms with Crippen LogP contribution in [0, 0.1) is 0 Å². The zero-order valence-electron chi connectivity index (χ0n) is 15.2. The van der Waals surface area contributed by atoms with E-state index in [2.05, 4.69) is 0 Å². The van der Waals surface area contributed by atoms with Crippen molar-refractivity contribution in [2.45, 2.75) is 45.8 Å². The summed E-state index contributed by atoms with van der Waals surface area (Å²) in [6.07, 6.45) is 0. The quantitative estimate of drug-likeness (QED) is 0.584. The number of carbonyl (C=O) groups is 1. The lowest BCUT2D eigenvalue weighted by molar-refractivity contribution is -0.145. The predicted octanol–water partition coefficient (Wildman–Crippen LogP) is 1.94. The van der Waals surface area contributed by atoms with Gasteiger partial charge in [0, 0.05) is 0 Å². The summed E-state index contributed by atoms with van der Waals surface area (Å²) in [6, 6.07) is 5.37. The molecular weight excluding hydrogens is 311 g/mol. The van der Waals surface area contributed by atoms with Crippen molar-refractivity contribution in [2.24, 2.45) is 0 Å². The molecule has 0 aromatic heterocycles. The smallest absolute Gasteiger partial charge is 0.493 e. The predicted molar refractivity (Wildman–Crippen MR) is 90.8 cm³/mol. The molecule has 0 unspecified atom stereocenters. The molecule has 1 aliphatic rings. The molecule has 0 aliphatic carbocycles. The number of hydrogen-bond acceptors (Lipinski definition) is 6. The van der Waals surface area contributed by atoms with Crippen molar-refractivity contribution in [2.75, 3.05) is 20.3 Å². The van der Waals surface area contributed by atoms with Crippen molar-refractivity contribution in [3.05, 3.63) is 18.2 Å². The average molecular weight is 336 g/mol. The lowest BCUT2D eigenvalue weighted by atomic mass is 9.79. The molecule has 0 saturated carbocycles. The van der Waals surface area contributed by atoms with Gasteiger partial charge in [-0.05, 0) is 52.2 Å². The Morgan fingerprint density at radius 1 is 1.12 bits per heavy atom. The second-order valence-corrected chi connectivity index (χ2v) is 6.59. The van der Waals surface area contributed by atoms with Crippen LogP contribution in [0.15, 0.2) is 18.2 Å². The van der Waals surface area contributed by atoms with Crippen LogP contribution in [-0.4, -0.2) is 44.6 Å². The second kappa shape index (κ2) is 7.03. The van der Waals surface area contributed by atoms with E-state index in [0.717, 1.165) is 5.46 Å². The molecule has 0 radical (unpaired) electrons. The molecule has 6 nitrogen and oxygen atoms in total. The summed E-state index contributed by atoms with van der Waals surface area (Å²) in [4.78, 5) is 11.4. The third-order valence-electron chi connectivity index (χ3n) is 4.36. The fourth-order valence-corrected chi connectivity index (χ4v) is 2.27. The van der Waals surface area contributed by atoms with Gasteiger partial charge in [-0.2, -0.15) is 0 Å². The molecule has 1 saturated heterocycles. The Bertz CT molecular complexity index is 583. The van der Waals surface area contributed by atoms with Crippen LogP contribution in [0.2, 0.25) is 0 Å². The highest BCUT2D eigenvalue weighted by Gasteiger charge is 2.51. The molecule has 0 amide bonds. The summed E-state index contributed by atoms with van der Waals surface area (Å²) >= 11 is 0. The van der Waals surface area contributed by atoms with E-state index in [1.165, 1.54) is 0 Å². The van der Waals surface area contributed by atoms with Gasteiger partial charge in [-0.25, -0.2) is 4.79 Å². The van der Waals surface area contributed by atoms with Gasteiger partial charge in [0.1, 0.15) is 0 Å². The molecule has 1 aromatic carbocycles. The van der Waals surface area contributed by atoms with E-state index in [0.29, 0.717) is 18.1 Å². The van der Waals surface area contributed by atoms with E-state index in [9.17, 15) is 4.79 Å². The van der Waals surface area contributed by atoms with E-state index in [4.69, 9.17) is 23.5 Å². The Labute approximate surface area is 143 Å². The van der Waals surface area contributed by atoms with Gasteiger partial charge < -0.3 is 23.5 Å². The van der Waals surface area contributed by atoms with Gasteiger partial charge >= 0.3 is 13.1 Å². The lowest BCUT2D eigenvalue weighted by Gasteiger charge is -2.32. The van der Waals surface area contributed by atoms with Crippen molar-refractivity contribution in [1.29, 1.82) is 0 Å². The molecule has 0 N–H and O–H groups in total. The summed E-state index contributed by atoms with van der Waals surface area (Å²) in [5, 5.41) is 0. The van der Waals surface area contributed by atoms with Gasteiger partial charge in [0.25, 0.3) is 0 Å². The minimum Gasteiger partial charge on any atom is -0.493 e. The number of rotatable bonds is 6. The van der Waals surface area contributed by atoms with Crippen molar-refractivity contribution >= 4 is 18.6 Å². The molecule has 1 heterocycles. The highest BCUT2D eigenvalue weighted by atomic mass is 16.7. The number of benzene rings is 1. The van der Waals surface area contributed by atoms with E-state index >= 15 is 0 Å². The second-order valence-electron chi connectivity index (χ2n) is 6.59. The lowest BCUT2D eigenvalue weighted by Crippen LogP contribution is -2.41. The Morgan fingerprint density at radius 2 is 1.75 bits per heavy atom. The van der Waals surface area contributed by atoms with E-state index < -0.39 is 24.3 Å². The Hall–Kier alpha value is -1.73. The minimum atomic E-state index is -0.483. The maximum Gasteiger partial charge on any atom is 0.494 e. The average Bonchev–Trinajstić information content (AvgIpc) is 2.73. The molecule has 1 aliphatic heterocycles. The van der Waals surface area contributed by atoms with Crippen LogP contribution >= 0.6 is 0 Å². The normalized spacial score (nSPS) is 18.3. The monoisotopic (exact) mass is 336 g/mol. The summed E-state index contributed by atoms with van der Waals surface area (Å²) in [7, 11) is 1.06. The standard InChI is InChI=1S/C17H25BO6/c1-7-21-15(19)11-22-13-9-8-12(10-14(13)20-6)18-23-16(2,3)17(4,5)24-18/h8-10H,7,11H2,1-6H3. The topological polar surface area (TPSA) is 63.2 Å².